The fourth-order valence-corrected chi connectivity index (χ4v) is 2.16. The number of ether oxygens (including phenoxy) is 1. The second kappa shape index (κ2) is 8.97. The van der Waals surface area contributed by atoms with Gasteiger partial charge in [-0.15, -0.1) is 0 Å². The van der Waals surface area contributed by atoms with E-state index >= 15 is 0 Å². The molecule has 0 aliphatic rings. The van der Waals surface area contributed by atoms with Crippen molar-refractivity contribution in [3.05, 3.63) is 29.8 Å². The molecule has 19 heavy (non-hydrogen) atoms. The predicted octanol–water partition coefficient (Wildman–Crippen LogP) is 3.17. The molecule has 3 nitrogen and oxygen atoms in total. The molecule has 1 unspecified atom stereocenters. The van der Waals surface area contributed by atoms with Crippen molar-refractivity contribution in [3.63, 3.8) is 0 Å². The molecule has 1 aromatic rings. The van der Waals surface area contributed by atoms with Crippen LogP contribution in [0.1, 0.15) is 25.3 Å². The van der Waals surface area contributed by atoms with Crippen LogP contribution in [0.2, 0.25) is 0 Å². The predicted molar refractivity (Wildman–Crippen MR) is 81.9 cm³/mol. The van der Waals surface area contributed by atoms with Crippen LogP contribution in [0.4, 0.5) is 0 Å². The summed E-state index contributed by atoms with van der Waals surface area (Å²) in [6.07, 6.45) is 2.52. The molecule has 0 bridgehead atoms. The zero-order valence-corrected chi connectivity index (χ0v) is 13.2. The summed E-state index contributed by atoms with van der Waals surface area (Å²) in [5, 5.41) is 3.97. The van der Waals surface area contributed by atoms with Crippen molar-refractivity contribution in [1.29, 1.82) is 0 Å². The van der Waals surface area contributed by atoms with Gasteiger partial charge in [0.2, 0.25) is 5.91 Å². The third-order valence-electron chi connectivity index (χ3n) is 3.00. The van der Waals surface area contributed by atoms with Crippen LogP contribution < -0.4 is 10.1 Å². The van der Waals surface area contributed by atoms with Gasteiger partial charge in [-0.05, 0) is 24.8 Å². The summed E-state index contributed by atoms with van der Waals surface area (Å²) in [5.41, 5.74) is 0.927. The van der Waals surface area contributed by atoms with E-state index < -0.39 is 0 Å². The van der Waals surface area contributed by atoms with Crippen molar-refractivity contribution < 1.29 is 9.53 Å². The van der Waals surface area contributed by atoms with Crippen LogP contribution in [0.5, 0.6) is 5.75 Å². The van der Waals surface area contributed by atoms with Crippen LogP contribution in [0.25, 0.3) is 0 Å². The van der Waals surface area contributed by atoms with E-state index in [1.807, 2.05) is 24.3 Å². The van der Waals surface area contributed by atoms with Crippen molar-refractivity contribution >= 4 is 21.8 Å². The average Bonchev–Trinajstić information content (AvgIpc) is 2.43. The second-order valence-corrected chi connectivity index (χ2v) is 5.39. The number of methoxy groups -OCH3 is 1. The van der Waals surface area contributed by atoms with Crippen molar-refractivity contribution in [3.8, 4) is 5.75 Å². The first-order chi connectivity index (χ1) is 9.17. The number of benzene rings is 1. The molecule has 0 fully saturated rings. The van der Waals surface area contributed by atoms with E-state index in [2.05, 4.69) is 28.2 Å². The van der Waals surface area contributed by atoms with E-state index in [-0.39, 0.29) is 5.91 Å². The number of alkyl halides is 1. The molecular weight excluding hydrogens is 306 g/mol. The van der Waals surface area contributed by atoms with Crippen molar-refractivity contribution in [2.24, 2.45) is 5.92 Å². The zero-order valence-electron chi connectivity index (χ0n) is 11.6. The smallest absolute Gasteiger partial charge is 0.224 e. The number of halogens is 1. The van der Waals surface area contributed by atoms with Crippen LogP contribution in [0, 0.1) is 5.92 Å². The molecule has 1 N–H and O–H groups in total. The molecule has 0 spiro atoms. The van der Waals surface area contributed by atoms with Crippen LogP contribution in [0.15, 0.2) is 24.3 Å². The minimum absolute atomic E-state index is 0.0518. The molecule has 0 radical (unpaired) electrons. The fourth-order valence-electron chi connectivity index (χ4n) is 1.84. The SMILES string of the molecule is COc1ccccc1CC(=O)NCCCC(C)CBr. The van der Waals surface area contributed by atoms with Gasteiger partial charge in [0.1, 0.15) is 5.75 Å². The Hall–Kier alpha value is -1.03. The quantitative estimate of drug-likeness (QED) is 0.588. The molecule has 1 rings (SSSR count). The molecule has 0 aliphatic heterocycles. The lowest BCUT2D eigenvalue weighted by atomic mass is 10.1. The number of para-hydroxylation sites is 1. The number of rotatable bonds is 8. The molecule has 1 atom stereocenters. The lowest BCUT2D eigenvalue weighted by molar-refractivity contribution is -0.120. The first-order valence-electron chi connectivity index (χ1n) is 6.62. The summed E-state index contributed by atoms with van der Waals surface area (Å²) in [7, 11) is 1.62. The largest absolute Gasteiger partial charge is 0.496 e. The lowest BCUT2D eigenvalue weighted by Gasteiger charge is -2.10. The van der Waals surface area contributed by atoms with Gasteiger partial charge in [-0.25, -0.2) is 0 Å². The number of carbonyl (C=O) groups is 1. The van der Waals surface area contributed by atoms with Gasteiger partial charge in [0.25, 0.3) is 0 Å². The normalized spacial score (nSPS) is 11.9. The third kappa shape index (κ3) is 6.10. The number of amides is 1. The Morgan fingerprint density at radius 3 is 2.84 bits per heavy atom. The van der Waals surface area contributed by atoms with Crippen LogP contribution >= 0.6 is 15.9 Å². The van der Waals surface area contributed by atoms with Crippen molar-refractivity contribution in [1.82, 2.24) is 5.32 Å². The van der Waals surface area contributed by atoms with E-state index in [1.54, 1.807) is 7.11 Å². The summed E-state index contributed by atoms with van der Waals surface area (Å²) in [6, 6.07) is 7.62. The molecule has 1 aromatic carbocycles. The van der Waals surface area contributed by atoms with Crippen molar-refractivity contribution in [2.75, 3.05) is 19.0 Å². The number of hydrogen-bond donors (Lipinski definition) is 1. The van der Waals surface area contributed by atoms with Gasteiger partial charge in [-0.3, -0.25) is 4.79 Å². The van der Waals surface area contributed by atoms with Gasteiger partial charge in [0.05, 0.1) is 13.5 Å². The lowest BCUT2D eigenvalue weighted by Crippen LogP contribution is -2.26. The third-order valence-corrected chi connectivity index (χ3v) is 4.11. The molecule has 0 heterocycles. The Bertz CT molecular complexity index is 395. The molecule has 0 aromatic heterocycles. The van der Waals surface area contributed by atoms with Gasteiger partial charge >= 0.3 is 0 Å². The van der Waals surface area contributed by atoms with E-state index in [1.165, 1.54) is 0 Å². The molecule has 106 valence electrons. The fraction of sp³-hybridized carbons (Fsp3) is 0.533. The second-order valence-electron chi connectivity index (χ2n) is 4.74. The Morgan fingerprint density at radius 1 is 1.42 bits per heavy atom. The molecule has 4 heteroatoms. The number of carbonyl (C=O) groups excluding carboxylic acids is 1. The molecule has 1 amide bonds. The van der Waals surface area contributed by atoms with Gasteiger partial charge in [-0.1, -0.05) is 41.1 Å². The average molecular weight is 328 g/mol. The van der Waals surface area contributed by atoms with E-state index in [9.17, 15) is 4.79 Å². The maximum atomic E-state index is 11.8. The summed E-state index contributed by atoms with van der Waals surface area (Å²) in [6.45, 7) is 2.94. The van der Waals surface area contributed by atoms with Crippen LogP contribution in [-0.2, 0) is 11.2 Å². The van der Waals surface area contributed by atoms with Gasteiger partial charge in [0.15, 0.2) is 0 Å². The summed E-state index contributed by atoms with van der Waals surface area (Å²) < 4.78 is 5.23. The summed E-state index contributed by atoms with van der Waals surface area (Å²) in [5.74, 6) is 1.48. The van der Waals surface area contributed by atoms with E-state index in [0.717, 1.165) is 36.0 Å². The van der Waals surface area contributed by atoms with Crippen LogP contribution in [-0.4, -0.2) is 24.9 Å². The molecular formula is C15H22BrNO2. The Kier molecular flexibility index (Phi) is 7.56. The molecule has 0 saturated carbocycles. The Balaban J connectivity index is 2.31. The summed E-state index contributed by atoms with van der Waals surface area (Å²) in [4.78, 5) is 11.8. The van der Waals surface area contributed by atoms with E-state index in [4.69, 9.17) is 4.74 Å². The molecule has 0 aliphatic carbocycles. The van der Waals surface area contributed by atoms with Gasteiger partial charge in [-0.2, -0.15) is 0 Å². The van der Waals surface area contributed by atoms with E-state index in [0.29, 0.717) is 12.3 Å². The maximum absolute atomic E-state index is 11.8. The minimum atomic E-state index is 0.0518. The monoisotopic (exact) mass is 327 g/mol. The standard InChI is InChI=1S/C15H22BrNO2/c1-12(11-16)6-5-9-17-15(18)10-13-7-3-4-8-14(13)19-2/h3-4,7-8,12H,5-6,9-11H2,1-2H3,(H,17,18). The first kappa shape index (κ1) is 16.0. The van der Waals surface area contributed by atoms with Crippen molar-refractivity contribution in [2.45, 2.75) is 26.2 Å². The first-order valence-corrected chi connectivity index (χ1v) is 7.74. The molecule has 0 saturated heterocycles. The highest BCUT2D eigenvalue weighted by atomic mass is 79.9. The number of nitrogens with one attached hydrogen (secondary N) is 1. The van der Waals surface area contributed by atoms with Crippen LogP contribution in [0.3, 0.4) is 0 Å². The highest BCUT2D eigenvalue weighted by Gasteiger charge is 2.07. The van der Waals surface area contributed by atoms with Gasteiger partial charge < -0.3 is 10.1 Å². The highest BCUT2D eigenvalue weighted by molar-refractivity contribution is 9.09. The Labute approximate surface area is 123 Å². The maximum Gasteiger partial charge on any atom is 0.224 e. The Morgan fingerprint density at radius 2 is 2.16 bits per heavy atom. The summed E-state index contributed by atoms with van der Waals surface area (Å²) >= 11 is 3.45. The van der Waals surface area contributed by atoms with Gasteiger partial charge in [0, 0.05) is 17.4 Å². The minimum Gasteiger partial charge on any atom is -0.496 e. The number of hydrogen-bond acceptors (Lipinski definition) is 2. The highest BCUT2D eigenvalue weighted by Crippen LogP contribution is 2.17. The topological polar surface area (TPSA) is 38.3 Å². The zero-order chi connectivity index (χ0) is 14.1.